The molecule has 0 fully saturated rings. The van der Waals surface area contributed by atoms with E-state index in [-0.39, 0.29) is 5.82 Å². The molecule has 108 valence electrons. The Labute approximate surface area is 122 Å². The summed E-state index contributed by atoms with van der Waals surface area (Å²) in [5.74, 6) is 0.463. The van der Waals surface area contributed by atoms with Crippen LogP contribution in [0.4, 0.5) is 4.39 Å². The van der Waals surface area contributed by atoms with Crippen LogP contribution in [-0.4, -0.2) is 23.0 Å². The Morgan fingerprint density at radius 3 is 2.90 bits per heavy atom. The second kappa shape index (κ2) is 5.54. The summed E-state index contributed by atoms with van der Waals surface area (Å²) >= 11 is 0. The van der Waals surface area contributed by atoms with Gasteiger partial charge >= 0.3 is 0 Å². The zero-order valence-corrected chi connectivity index (χ0v) is 11.7. The summed E-state index contributed by atoms with van der Waals surface area (Å²) in [5, 5.41) is 0. The van der Waals surface area contributed by atoms with Crippen molar-refractivity contribution >= 4 is 5.65 Å². The highest BCUT2D eigenvalue weighted by atomic mass is 19.1. The monoisotopic (exact) mass is 285 g/mol. The van der Waals surface area contributed by atoms with Gasteiger partial charge in [0.05, 0.1) is 18.5 Å². The minimum Gasteiger partial charge on any atom is -0.497 e. The van der Waals surface area contributed by atoms with E-state index in [2.05, 4.69) is 4.98 Å². The van der Waals surface area contributed by atoms with Crippen LogP contribution in [0.15, 0.2) is 42.6 Å². The van der Waals surface area contributed by atoms with Gasteiger partial charge in [-0.2, -0.15) is 0 Å². The summed E-state index contributed by atoms with van der Waals surface area (Å²) in [6.45, 7) is 0.473. The fourth-order valence-corrected chi connectivity index (χ4v) is 2.44. The molecule has 2 N–H and O–H groups in total. The van der Waals surface area contributed by atoms with Gasteiger partial charge in [0.2, 0.25) is 0 Å². The number of imidazole rings is 1. The Kier molecular flexibility index (Phi) is 3.58. The fourth-order valence-electron chi connectivity index (χ4n) is 2.44. The van der Waals surface area contributed by atoms with Crippen LogP contribution in [0.1, 0.15) is 5.69 Å². The highest BCUT2D eigenvalue weighted by Crippen LogP contribution is 2.27. The summed E-state index contributed by atoms with van der Waals surface area (Å²) in [7, 11) is 1.62. The zero-order chi connectivity index (χ0) is 14.8. The van der Waals surface area contributed by atoms with Crippen molar-refractivity contribution < 1.29 is 9.13 Å². The maximum absolute atomic E-state index is 13.5. The van der Waals surface area contributed by atoms with Gasteiger partial charge in [-0.05, 0) is 30.8 Å². The van der Waals surface area contributed by atoms with Gasteiger partial charge in [0, 0.05) is 18.2 Å². The van der Waals surface area contributed by atoms with Gasteiger partial charge in [0.15, 0.2) is 0 Å². The van der Waals surface area contributed by atoms with E-state index in [1.54, 1.807) is 17.6 Å². The number of halogens is 1. The van der Waals surface area contributed by atoms with E-state index in [1.807, 2.05) is 24.3 Å². The van der Waals surface area contributed by atoms with Crippen molar-refractivity contribution in [2.45, 2.75) is 6.42 Å². The van der Waals surface area contributed by atoms with Crippen LogP contribution in [0.3, 0.4) is 0 Å². The summed E-state index contributed by atoms with van der Waals surface area (Å²) in [5.41, 5.74) is 9.04. The average molecular weight is 285 g/mol. The summed E-state index contributed by atoms with van der Waals surface area (Å²) < 4.78 is 20.5. The minimum absolute atomic E-state index is 0.296. The topological polar surface area (TPSA) is 52.5 Å². The third-order valence-corrected chi connectivity index (χ3v) is 3.41. The Bertz CT molecular complexity index is 782. The fraction of sp³-hybridized carbons (Fsp3) is 0.188. The molecular formula is C16H16FN3O. The number of ether oxygens (including phenoxy) is 1. The lowest BCUT2D eigenvalue weighted by molar-refractivity contribution is 0.415. The standard InChI is InChI=1S/C16H16FN3O/c1-21-13-4-2-3-11(9-13)16-14(7-8-18)20-10-12(17)5-6-15(20)19-16/h2-6,9-10H,7-8,18H2,1H3. The van der Waals surface area contributed by atoms with E-state index < -0.39 is 0 Å². The quantitative estimate of drug-likeness (QED) is 0.801. The second-order valence-corrected chi connectivity index (χ2v) is 4.75. The minimum atomic E-state index is -0.296. The third-order valence-electron chi connectivity index (χ3n) is 3.41. The van der Waals surface area contributed by atoms with Crippen molar-refractivity contribution in [2.75, 3.05) is 13.7 Å². The molecule has 0 aliphatic carbocycles. The van der Waals surface area contributed by atoms with Crippen molar-refractivity contribution in [3.8, 4) is 17.0 Å². The molecule has 0 unspecified atom stereocenters. The van der Waals surface area contributed by atoms with Crippen molar-refractivity contribution in [3.63, 3.8) is 0 Å². The molecule has 0 saturated heterocycles. The van der Waals surface area contributed by atoms with Crippen LogP contribution in [0.5, 0.6) is 5.75 Å². The predicted octanol–water partition coefficient (Wildman–Crippen LogP) is 2.65. The van der Waals surface area contributed by atoms with E-state index in [4.69, 9.17) is 10.5 Å². The smallest absolute Gasteiger partial charge is 0.139 e. The number of fused-ring (bicyclic) bond motifs is 1. The van der Waals surface area contributed by atoms with Gasteiger partial charge in [-0.1, -0.05) is 12.1 Å². The van der Waals surface area contributed by atoms with Gasteiger partial charge in [0.25, 0.3) is 0 Å². The number of aromatic nitrogens is 2. The van der Waals surface area contributed by atoms with Crippen molar-refractivity contribution in [1.29, 1.82) is 0 Å². The Morgan fingerprint density at radius 1 is 1.29 bits per heavy atom. The highest BCUT2D eigenvalue weighted by Gasteiger charge is 2.14. The van der Waals surface area contributed by atoms with Gasteiger partial charge in [-0.15, -0.1) is 0 Å². The molecule has 0 amide bonds. The summed E-state index contributed by atoms with van der Waals surface area (Å²) in [6.07, 6.45) is 2.06. The number of nitrogens with two attached hydrogens (primary N) is 1. The normalized spacial score (nSPS) is 11.0. The molecule has 0 saturated carbocycles. The molecule has 1 aromatic carbocycles. The molecule has 2 heterocycles. The first-order valence-corrected chi connectivity index (χ1v) is 6.74. The van der Waals surface area contributed by atoms with Crippen molar-refractivity contribution in [2.24, 2.45) is 5.73 Å². The molecule has 0 aliphatic rings. The summed E-state index contributed by atoms with van der Waals surface area (Å²) in [4.78, 5) is 4.60. The molecule has 4 nitrogen and oxygen atoms in total. The summed E-state index contributed by atoms with van der Waals surface area (Å²) in [6, 6.07) is 10.7. The SMILES string of the molecule is COc1cccc(-c2nc3ccc(F)cn3c2CCN)c1. The second-order valence-electron chi connectivity index (χ2n) is 4.75. The molecule has 0 bridgehead atoms. The van der Waals surface area contributed by atoms with E-state index >= 15 is 0 Å². The molecule has 21 heavy (non-hydrogen) atoms. The van der Waals surface area contributed by atoms with Crippen LogP contribution >= 0.6 is 0 Å². The van der Waals surface area contributed by atoms with Crippen LogP contribution in [0, 0.1) is 5.82 Å². The lowest BCUT2D eigenvalue weighted by Crippen LogP contribution is -2.06. The number of hydrogen-bond donors (Lipinski definition) is 1. The van der Waals surface area contributed by atoms with E-state index in [9.17, 15) is 4.39 Å². The van der Waals surface area contributed by atoms with Gasteiger partial charge in [0.1, 0.15) is 17.2 Å². The Hall–Kier alpha value is -2.40. The number of pyridine rings is 1. The van der Waals surface area contributed by atoms with E-state index in [0.29, 0.717) is 18.6 Å². The van der Waals surface area contributed by atoms with Crippen LogP contribution < -0.4 is 10.5 Å². The van der Waals surface area contributed by atoms with E-state index in [0.717, 1.165) is 22.7 Å². The highest BCUT2D eigenvalue weighted by molar-refractivity contribution is 5.68. The molecule has 0 aliphatic heterocycles. The largest absolute Gasteiger partial charge is 0.497 e. The van der Waals surface area contributed by atoms with Crippen molar-refractivity contribution in [1.82, 2.24) is 9.38 Å². The molecule has 3 aromatic rings. The average Bonchev–Trinajstić information content (AvgIpc) is 2.86. The van der Waals surface area contributed by atoms with Gasteiger partial charge in [-0.3, -0.25) is 0 Å². The Balaban J connectivity index is 2.22. The first-order chi connectivity index (χ1) is 10.2. The molecule has 0 radical (unpaired) electrons. The number of hydrogen-bond acceptors (Lipinski definition) is 3. The lowest BCUT2D eigenvalue weighted by atomic mass is 10.1. The molecule has 5 heteroatoms. The van der Waals surface area contributed by atoms with E-state index in [1.165, 1.54) is 12.3 Å². The predicted molar refractivity (Wildman–Crippen MR) is 79.9 cm³/mol. The van der Waals surface area contributed by atoms with Crippen molar-refractivity contribution in [3.05, 3.63) is 54.1 Å². The number of nitrogens with zero attached hydrogens (tertiary/aromatic N) is 2. The molecule has 2 aromatic heterocycles. The van der Waals surface area contributed by atoms with Crippen LogP contribution in [0.25, 0.3) is 16.9 Å². The van der Waals surface area contributed by atoms with Crippen LogP contribution in [0.2, 0.25) is 0 Å². The first-order valence-electron chi connectivity index (χ1n) is 6.74. The molecule has 0 spiro atoms. The molecular weight excluding hydrogens is 269 g/mol. The maximum atomic E-state index is 13.5. The van der Waals surface area contributed by atoms with Crippen LogP contribution in [-0.2, 0) is 6.42 Å². The number of benzene rings is 1. The number of methoxy groups -OCH3 is 1. The maximum Gasteiger partial charge on any atom is 0.139 e. The number of rotatable bonds is 4. The van der Waals surface area contributed by atoms with Gasteiger partial charge < -0.3 is 14.9 Å². The Morgan fingerprint density at radius 2 is 2.14 bits per heavy atom. The lowest BCUT2D eigenvalue weighted by Gasteiger charge is -2.05. The third kappa shape index (κ3) is 2.48. The first kappa shape index (κ1) is 13.6. The molecule has 0 atom stereocenters. The van der Waals surface area contributed by atoms with Gasteiger partial charge in [-0.25, -0.2) is 9.37 Å². The zero-order valence-electron chi connectivity index (χ0n) is 11.7. The molecule has 3 rings (SSSR count).